The van der Waals surface area contributed by atoms with Crippen LogP contribution in [0.4, 0.5) is 13.2 Å². The van der Waals surface area contributed by atoms with Gasteiger partial charge in [-0.05, 0) is 18.2 Å². The molecule has 0 bridgehead atoms. The molecule has 3 nitrogen and oxygen atoms in total. The van der Waals surface area contributed by atoms with E-state index < -0.39 is 11.7 Å². The van der Waals surface area contributed by atoms with Crippen molar-refractivity contribution in [2.75, 3.05) is 6.54 Å². The number of hydrogen-bond acceptors (Lipinski definition) is 2. The van der Waals surface area contributed by atoms with E-state index in [-0.39, 0.29) is 23.6 Å². The molecule has 1 N–H and O–H groups in total. The second-order valence-corrected chi connectivity index (χ2v) is 3.67. The molecule has 0 aliphatic heterocycles. The molecule has 0 unspecified atom stereocenters. The van der Waals surface area contributed by atoms with Crippen LogP contribution >= 0.6 is 0 Å². The van der Waals surface area contributed by atoms with Crippen LogP contribution in [0.25, 0.3) is 0 Å². The average Bonchev–Trinajstić information content (AvgIpc) is 2.33. The summed E-state index contributed by atoms with van der Waals surface area (Å²) < 4.78 is 37.7. The van der Waals surface area contributed by atoms with Crippen molar-refractivity contribution in [1.29, 1.82) is 0 Å². The summed E-state index contributed by atoms with van der Waals surface area (Å²) in [6.07, 6.45) is -4.21. The Morgan fingerprint density at radius 3 is 2.58 bits per heavy atom. The van der Waals surface area contributed by atoms with Crippen LogP contribution in [0.5, 0.6) is 0 Å². The smallest absolute Gasteiger partial charge is 0.345 e. The summed E-state index contributed by atoms with van der Waals surface area (Å²) in [6.45, 7) is 1.33. The number of hydrogen-bond donors (Lipinski definition) is 1. The summed E-state index contributed by atoms with van der Waals surface area (Å²) in [6, 6.07) is 2.86. The number of nitrogens with one attached hydrogen (secondary N) is 1. The first-order chi connectivity index (χ1) is 8.82. The first kappa shape index (κ1) is 14.8. The highest BCUT2D eigenvalue weighted by atomic mass is 19.4. The summed E-state index contributed by atoms with van der Waals surface area (Å²) >= 11 is 0. The average molecular weight is 269 g/mol. The van der Waals surface area contributed by atoms with Gasteiger partial charge < -0.3 is 5.32 Å². The minimum absolute atomic E-state index is 0.0298. The van der Waals surface area contributed by atoms with E-state index in [0.29, 0.717) is 6.29 Å². The van der Waals surface area contributed by atoms with Gasteiger partial charge in [0.05, 0.1) is 12.1 Å². The molecule has 1 aromatic rings. The summed E-state index contributed by atoms with van der Waals surface area (Å²) in [7, 11) is 0. The lowest BCUT2D eigenvalue weighted by Gasteiger charge is -2.07. The predicted octanol–water partition coefficient (Wildman–Crippen LogP) is 2.01. The Balaban J connectivity index is 3.01. The van der Waals surface area contributed by atoms with E-state index in [1.54, 1.807) is 0 Å². The van der Waals surface area contributed by atoms with Gasteiger partial charge in [-0.3, -0.25) is 9.59 Å². The zero-order valence-corrected chi connectivity index (χ0v) is 9.97. The first-order valence-electron chi connectivity index (χ1n) is 5.23. The maximum Gasteiger partial charge on any atom is 0.416 e. The lowest BCUT2D eigenvalue weighted by Crippen LogP contribution is -2.19. The van der Waals surface area contributed by atoms with Crippen molar-refractivity contribution in [3.63, 3.8) is 0 Å². The molecular formula is C13H10F3NO2. The van der Waals surface area contributed by atoms with Gasteiger partial charge in [-0.2, -0.15) is 13.2 Å². The second-order valence-electron chi connectivity index (χ2n) is 3.67. The summed E-state index contributed by atoms with van der Waals surface area (Å²) in [5.74, 6) is 4.68. The number of rotatable bonds is 2. The Morgan fingerprint density at radius 2 is 2.05 bits per heavy atom. The molecule has 0 radical (unpaired) electrons. The Morgan fingerprint density at radius 1 is 1.37 bits per heavy atom. The number of amides is 1. The van der Waals surface area contributed by atoms with Crippen LogP contribution in [0.1, 0.15) is 28.4 Å². The Hall–Kier alpha value is -2.29. The highest BCUT2D eigenvalue weighted by Gasteiger charge is 2.31. The second kappa shape index (κ2) is 6.05. The molecule has 0 heterocycles. The van der Waals surface area contributed by atoms with Crippen molar-refractivity contribution in [3.8, 4) is 11.8 Å². The van der Waals surface area contributed by atoms with Crippen LogP contribution < -0.4 is 5.32 Å². The zero-order valence-electron chi connectivity index (χ0n) is 9.97. The SMILES string of the molecule is CC(=O)NCC#Cc1cc(C=O)cc(C(F)(F)F)c1. The number of carbonyl (C=O) groups is 2. The van der Waals surface area contributed by atoms with E-state index in [0.717, 1.165) is 12.1 Å². The third kappa shape index (κ3) is 4.84. The fraction of sp³-hybridized carbons (Fsp3) is 0.231. The number of alkyl halides is 3. The first-order valence-corrected chi connectivity index (χ1v) is 5.23. The molecule has 0 fully saturated rings. The van der Waals surface area contributed by atoms with E-state index in [9.17, 15) is 22.8 Å². The van der Waals surface area contributed by atoms with Crippen molar-refractivity contribution >= 4 is 12.2 Å². The quantitative estimate of drug-likeness (QED) is 0.659. The summed E-state index contributed by atoms with van der Waals surface area (Å²) in [5, 5.41) is 2.38. The van der Waals surface area contributed by atoms with Crippen molar-refractivity contribution in [3.05, 3.63) is 34.9 Å². The van der Waals surface area contributed by atoms with Crippen LogP contribution in [0.2, 0.25) is 0 Å². The van der Waals surface area contributed by atoms with Gasteiger partial charge in [0, 0.05) is 18.1 Å². The highest BCUT2D eigenvalue weighted by molar-refractivity contribution is 5.76. The maximum atomic E-state index is 12.6. The molecule has 0 aliphatic rings. The van der Waals surface area contributed by atoms with Crippen LogP contribution in [0.15, 0.2) is 18.2 Å². The number of aldehydes is 1. The molecule has 1 rings (SSSR count). The number of halogens is 3. The Kier molecular flexibility index (Phi) is 4.70. The van der Waals surface area contributed by atoms with Crippen molar-refractivity contribution in [1.82, 2.24) is 5.32 Å². The largest absolute Gasteiger partial charge is 0.416 e. The molecule has 0 saturated heterocycles. The van der Waals surface area contributed by atoms with Gasteiger partial charge in [-0.25, -0.2) is 0 Å². The standard InChI is InChI=1S/C13H10F3NO2/c1-9(19)17-4-2-3-10-5-11(8-18)7-12(6-10)13(14,15)16/h5-8H,4H2,1H3,(H,17,19). The molecule has 6 heteroatoms. The monoisotopic (exact) mass is 269 g/mol. The molecular weight excluding hydrogens is 259 g/mol. The third-order valence-electron chi connectivity index (χ3n) is 2.08. The van der Waals surface area contributed by atoms with Crippen LogP contribution in [-0.2, 0) is 11.0 Å². The normalized spacial score (nSPS) is 10.3. The Bertz CT molecular complexity index is 553. The van der Waals surface area contributed by atoms with E-state index >= 15 is 0 Å². The summed E-state index contributed by atoms with van der Waals surface area (Å²) in [4.78, 5) is 21.2. The Labute approximate surface area is 107 Å². The van der Waals surface area contributed by atoms with Crippen molar-refractivity contribution in [2.24, 2.45) is 0 Å². The zero-order chi connectivity index (χ0) is 14.5. The molecule has 100 valence electrons. The molecule has 0 aromatic heterocycles. The van der Waals surface area contributed by atoms with Crippen LogP contribution in [-0.4, -0.2) is 18.7 Å². The number of benzene rings is 1. The van der Waals surface area contributed by atoms with Crippen molar-refractivity contribution in [2.45, 2.75) is 13.1 Å². The van der Waals surface area contributed by atoms with Crippen LogP contribution in [0, 0.1) is 11.8 Å². The lowest BCUT2D eigenvalue weighted by atomic mass is 10.1. The van der Waals surface area contributed by atoms with Crippen LogP contribution in [0.3, 0.4) is 0 Å². The van der Waals surface area contributed by atoms with Gasteiger partial charge >= 0.3 is 6.18 Å². The topological polar surface area (TPSA) is 46.2 Å². The van der Waals surface area contributed by atoms with E-state index in [2.05, 4.69) is 17.2 Å². The molecule has 1 aromatic carbocycles. The predicted molar refractivity (Wildman–Crippen MR) is 62.4 cm³/mol. The van der Waals surface area contributed by atoms with Gasteiger partial charge in [0.1, 0.15) is 6.29 Å². The minimum Gasteiger partial charge on any atom is -0.345 e. The van der Waals surface area contributed by atoms with E-state index in [1.165, 1.54) is 13.0 Å². The molecule has 19 heavy (non-hydrogen) atoms. The molecule has 1 amide bonds. The van der Waals surface area contributed by atoms with E-state index in [1.807, 2.05) is 0 Å². The molecule has 0 spiro atoms. The highest BCUT2D eigenvalue weighted by Crippen LogP contribution is 2.30. The minimum atomic E-state index is -4.53. The van der Waals surface area contributed by atoms with Crippen molar-refractivity contribution < 1.29 is 22.8 Å². The van der Waals surface area contributed by atoms with Gasteiger partial charge in [0.25, 0.3) is 0 Å². The number of carbonyl (C=O) groups excluding carboxylic acids is 2. The fourth-order valence-corrected chi connectivity index (χ4v) is 1.27. The summed E-state index contributed by atoms with van der Waals surface area (Å²) in [5.41, 5.74) is -0.957. The van der Waals surface area contributed by atoms with Gasteiger partial charge in [-0.1, -0.05) is 11.8 Å². The van der Waals surface area contributed by atoms with Gasteiger partial charge in [0.2, 0.25) is 5.91 Å². The van der Waals surface area contributed by atoms with E-state index in [4.69, 9.17) is 0 Å². The fourth-order valence-electron chi connectivity index (χ4n) is 1.27. The molecule has 0 atom stereocenters. The molecule has 0 aliphatic carbocycles. The third-order valence-corrected chi connectivity index (χ3v) is 2.08. The van der Waals surface area contributed by atoms with Gasteiger partial charge in [-0.15, -0.1) is 0 Å². The maximum absolute atomic E-state index is 12.6. The van der Waals surface area contributed by atoms with Gasteiger partial charge in [0.15, 0.2) is 0 Å². The lowest BCUT2D eigenvalue weighted by molar-refractivity contribution is -0.137. The molecule has 0 saturated carbocycles.